The minimum Gasteiger partial charge on any atom is -0.494 e. The van der Waals surface area contributed by atoms with Crippen LogP contribution in [-0.2, 0) is 22.5 Å². The van der Waals surface area contributed by atoms with Crippen LogP contribution in [0.4, 0.5) is 0 Å². The number of aliphatic hydroxyl groups excluding tert-OH is 1. The summed E-state index contributed by atoms with van der Waals surface area (Å²) in [5.41, 5.74) is 10.2. The molecule has 256 valence electrons. The zero-order chi connectivity index (χ0) is 34.8. The first kappa shape index (κ1) is 34.2. The third-order valence-electron chi connectivity index (χ3n) is 8.61. The van der Waals surface area contributed by atoms with Crippen molar-refractivity contribution in [3.05, 3.63) is 150 Å². The monoisotopic (exact) mass is 671 g/mol. The first-order valence-electron chi connectivity index (χ1n) is 16.6. The van der Waals surface area contributed by atoms with Crippen molar-refractivity contribution in [2.24, 2.45) is 4.99 Å². The van der Waals surface area contributed by atoms with Gasteiger partial charge in [-0.2, -0.15) is 0 Å². The van der Waals surface area contributed by atoms with Gasteiger partial charge in [0.2, 0.25) is 5.90 Å². The number of hydrogen-bond acceptors (Lipinski definition) is 8. The van der Waals surface area contributed by atoms with Crippen LogP contribution in [-0.4, -0.2) is 49.9 Å². The topological polar surface area (TPSA) is 111 Å². The number of benzene rings is 5. The minimum atomic E-state index is -1.37. The van der Waals surface area contributed by atoms with E-state index in [0.717, 1.165) is 27.8 Å². The van der Waals surface area contributed by atoms with Crippen molar-refractivity contribution in [3.8, 4) is 28.4 Å². The average molecular weight is 672 g/mol. The molecular weight excluding hydrogens is 630 g/mol. The van der Waals surface area contributed by atoms with E-state index in [1.165, 1.54) is 0 Å². The fourth-order valence-corrected chi connectivity index (χ4v) is 6.00. The summed E-state index contributed by atoms with van der Waals surface area (Å²) in [6, 6.07) is 41.1. The Kier molecular flexibility index (Phi) is 11.1. The Morgan fingerprint density at radius 2 is 1.44 bits per heavy atom. The van der Waals surface area contributed by atoms with Crippen LogP contribution in [0.15, 0.2) is 132 Å². The summed E-state index contributed by atoms with van der Waals surface area (Å²) in [7, 11) is 3.18. The van der Waals surface area contributed by atoms with Crippen molar-refractivity contribution < 1.29 is 28.8 Å². The van der Waals surface area contributed by atoms with Crippen LogP contribution >= 0.6 is 0 Å². The number of rotatable bonds is 15. The lowest BCUT2D eigenvalue weighted by Gasteiger charge is -2.31. The number of aliphatic imine (C=N–C) groups is 1. The van der Waals surface area contributed by atoms with Gasteiger partial charge in [-0.15, -0.1) is 0 Å². The Bertz CT molecular complexity index is 1880. The van der Waals surface area contributed by atoms with Crippen LogP contribution in [0, 0.1) is 0 Å². The van der Waals surface area contributed by atoms with Crippen LogP contribution in [0.25, 0.3) is 11.1 Å². The summed E-state index contributed by atoms with van der Waals surface area (Å²) >= 11 is 0. The van der Waals surface area contributed by atoms with Crippen molar-refractivity contribution >= 4 is 11.8 Å². The summed E-state index contributed by atoms with van der Waals surface area (Å²) in [5.74, 6) is 1.91. The highest BCUT2D eigenvalue weighted by molar-refractivity contribution is 6.01. The normalized spacial score (nSPS) is 16.6. The van der Waals surface area contributed by atoms with Gasteiger partial charge in [0, 0.05) is 31.6 Å². The zero-order valence-corrected chi connectivity index (χ0v) is 28.2. The van der Waals surface area contributed by atoms with Crippen LogP contribution in [0.5, 0.6) is 17.2 Å². The second-order valence-electron chi connectivity index (χ2n) is 11.9. The molecule has 0 saturated heterocycles. The predicted octanol–water partition coefficient (Wildman–Crippen LogP) is 6.45. The van der Waals surface area contributed by atoms with Gasteiger partial charge in [-0.25, -0.2) is 10.4 Å². The highest BCUT2D eigenvalue weighted by atomic mass is 16.5. The third-order valence-corrected chi connectivity index (χ3v) is 8.61. The standard InChI is InChI=1S/C41H41N3O6/c1-47-36-23-14-30(26-37(36)48-2)28-42-44-40(46)41(27-29-10-5-3-6-11-29)38(33-17-15-32(16-18-33)31-12-7-4-8-13-31)50-39(43-41)34-19-21-35(22-20-34)49-25-9-24-45/h3-8,10-23,26,38,42,45H,9,24-25,27-28H2,1-2H3,(H,44,46)/t38-,41-/m0/s1. The maximum Gasteiger partial charge on any atom is 0.266 e. The van der Waals surface area contributed by atoms with E-state index in [4.69, 9.17) is 29.0 Å². The Labute approximate surface area is 292 Å². The second kappa shape index (κ2) is 16.2. The number of amides is 1. The van der Waals surface area contributed by atoms with Crippen LogP contribution < -0.4 is 25.1 Å². The molecule has 5 aromatic carbocycles. The maximum atomic E-state index is 14.6. The quantitative estimate of drug-likeness (QED) is 0.0867. The SMILES string of the molecule is COc1ccc(CNNC(=O)[C@@]2(Cc3ccccc3)N=C(c3ccc(OCCCO)cc3)O[C@H]2c2ccc(-c3ccccc3)cc2)cc1OC. The summed E-state index contributed by atoms with van der Waals surface area (Å²) < 4.78 is 23.3. The number of hydrogen-bond donors (Lipinski definition) is 3. The lowest BCUT2D eigenvalue weighted by molar-refractivity contribution is -0.130. The van der Waals surface area contributed by atoms with Crippen molar-refractivity contribution in [1.82, 2.24) is 10.9 Å². The number of nitrogens with one attached hydrogen (secondary N) is 2. The molecule has 5 aromatic rings. The van der Waals surface area contributed by atoms with Gasteiger partial charge in [0.05, 0.1) is 20.8 Å². The van der Waals surface area contributed by atoms with E-state index >= 15 is 0 Å². The minimum absolute atomic E-state index is 0.0607. The van der Waals surface area contributed by atoms with Gasteiger partial charge >= 0.3 is 0 Å². The van der Waals surface area contributed by atoms with E-state index in [0.29, 0.717) is 48.3 Å². The summed E-state index contributed by atoms with van der Waals surface area (Å²) in [4.78, 5) is 19.7. The number of hydrazine groups is 1. The fourth-order valence-electron chi connectivity index (χ4n) is 6.00. The maximum absolute atomic E-state index is 14.6. The number of aliphatic hydroxyl groups is 1. The molecule has 0 aliphatic carbocycles. The number of nitrogens with zero attached hydrogens (tertiary/aromatic N) is 1. The van der Waals surface area contributed by atoms with E-state index in [9.17, 15) is 4.79 Å². The molecule has 1 heterocycles. The molecular formula is C41H41N3O6. The molecule has 50 heavy (non-hydrogen) atoms. The van der Waals surface area contributed by atoms with Crippen LogP contribution in [0.1, 0.15) is 34.8 Å². The van der Waals surface area contributed by atoms with Gasteiger partial charge in [0.25, 0.3) is 5.91 Å². The number of carbonyl (C=O) groups is 1. The van der Waals surface area contributed by atoms with Crippen molar-refractivity contribution in [2.45, 2.75) is 31.0 Å². The largest absolute Gasteiger partial charge is 0.494 e. The highest BCUT2D eigenvalue weighted by Gasteiger charge is 2.53. The smallest absolute Gasteiger partial charge is 0.266 e. The molecule has 0 fully saturated rings. The molecule has 9 nitrogen and oxygen atoms in total. The fraction of sp³-hybridized carbons (Fsp3) is 0.220. The van der Waals surface area contributed by atoms with E-state index < -0.39 is 11.6 Å². The van der Waals surface area contributed by atoms with E-state index in [2.05, 4.69) is 23.0 Å². The van der Waals surface area contributed by atoms with Gasteiger partial charge in [-0.3, -0.25) is 10.2 Å². The molecule has 9 heteroatoms. The van der Waals surface area contributed by atoms with E-state index in [-0.39, 0.29) is 18.9 Å². The molecule has 0 aromatic heterocycles. The molecule has 6 rings (SSSR count). The molecule has 0 saturated carbocycles. The number of methoxy groups -OCH3 is 2. The van der Waals surface area contributed by atoms with Crippen molar-refractivity contribution in [1.29, 1.82) is 0 Å². The van der Waals surface area contributed by atoms with Crippen LogP contribution in [0.2, 0.25) is 0 Å². The molecule has 1 aliphatic heterocycles. The van der Waals surface area contributed by atoms with Gasteiger partial charge in [-0.05, 0) is 64.2 Å². The molecule has 1 amide bonds. The zero-order valence-electron chi connectivity index (χ0n) is 28.2. The molecule has 0 unspecified atom stereocenters. The summed E-state index contributed by atoms with van der Waals surface area (Å²) in [5, 5.41) is 9.12. The van der Waals surface area contributed by atoms with E-state index in [1.54, 1.807) is 14.2 Å². The van der Waals surface area contributed by atoms with E-state index in [1.807, 2.05) is 115 Å². The van der Waals surface area contributed by atoms with Gasteiger partial charge < -0.3 is 24.1 Å². The Morgan fingerprint density at radius 1 is 0.780 bits per heavy atom. The Morgan fingerprint density at radius 3 is 2.12 bits per heavy atom. The molecule has 2 atom stereocenters. The van der Waals surface area contributed by atoms with Gasteiger partial charge in [-0.1, -0.05) is 91.0 Å². The number of ether oxygens (including phenoxy) is 4. The van der Waals surface area contributed by atoms with Gasteiger partial charge in [0.1, 0.15) is 5.75 Å². The molecule has 0 spiro atoms. The first-order valence-corrected chi connectivity index (χ1v) is 16.6. The number of carbonyl (C=O) groups excluding carboxylic acids is 1. The van der Waals surface area contributed by atoms with Crippen LogP contribution in [0.3, 0.4) is 0 Å². The second-order valence-corrected chi connectivity index (χ2v) is 11.9. The summed E-state index contributed by atoms with van der Waals surface area (Å²) in [6.45, 7) is 0.801. The van der Waals surface area contributed by atoms with Gasteiger partial charge in [0.15, 0.2) is 23.1 Å². The molecule has 3 N–H and O–H groups in total. The van der Waals surface area contributed by atoms with Crippen molar-refractivity contribution in [3.63, 3.8) is 0 Å². The Hall–Kier alpha value is -5.64. The molecule has 1 aliphatic rings. The average Bonchev–Trinajstić information content (AvgIpc) is 3.56. The third kappa shape index (κ3) is 7.80. The first-order chi connectivity index (χ1) is 24.5. The predicted molar refractivity (Wildman–Crippen MR) is 193 cm³/mol. The molecule has 0 bridgehead atoms. The molecule has 0 radical (unpaired) electrons. The Balaban J connectivity index is 1.35. The lowest BCUT2D eigenvalue weighted by atomic mass is 9.82. The van der Waals surface area contributed by atoms with Crippen molar-refractivity contribution in [2.75, 3.05) is 27.4 Å². The summed E-state index contributed by atoms with van der Waals surface area (Å²) in [6.07, 6.45) is 0.0830. The highest BCUT2D eigenvalue weighted by Crippen LogP contribution is 2.43. The lowest BCUT2D eigenvalue weighted by Crippen LogP contribution is -2.53.